The highest BCUT2D eigenvalue weighted by atomic mass is 35.5. The Kier molecular flexibility index (Phi) is 6.67. The number of carbonyl (C=O) groups excluding carboxylic acids is 1. The number of hydrogen-bond donors (Lipinski definition) is 1. The molecular weight excluding hydrogens is 400 g/mol. The molecule has 0 radical (unpaired) electrons. The van der Waals surface area contributed by atoms with E-state index in [1.165, 1.54) is 0 Å². The third kappa shape index (κ3) is 4.67. The Hall–Kier alpha value is -2.41. The minimum atomic E-state index is -0.0138. The Morgan fingerprint density at radius 1 is 1.17 bits per heavy atom. The molecule has 7 heteroatoms. The predicted molar refractivity (Wildman–Crippen MR) is 119 cm³/mol. The van der Waals surface area contributed by atoms with E-state index in [1.54, 1.807) is 0 Å². The molecule has 3 aromatic rings. The monoisotopic (exact) mass is 426 g/mol. The number of aromatic nitrogens is 2. The fourth-order valence-electron chi connectivity index (χ4n) is 4.01. The minimum Gasteiger partial charge on any atom is -0.379 e. The number of benzene rings is 2. The van der Waals surface area contributed by atoms with Crippen LogP contribution in [0.2, 0.25) is 5.02 Å². The molecule has 1 unspecified atom stereocenters. The Morgan fingerprint density at radius 2 is 1.90 bits per heavy atom. The Bertz CT molecular complexity index is 996. The number of carbonyl (C=O) groups is 1. The second-order valence-corrected chi connectivity index (χ2v) is 7.91. The first-order valence-corrected chi connectivity index (χ1v) is 10.8. The number of halogens is 1. The number of para-hydroxylation sites is 2. The van der Waals surface area contributed by atoms with Crippen LogP contribution < -0.4 is 5.32 Å². The minimum absolute atomic E-state index is 0.0138. The second kappa shape index (κ2) is 9.60. The molecule has 1 aliphatic rings. The lowest BCUT2D eigenvalue weighted by molar-refractivity contribution is -0.122. The maximum absolute atomic E-state index is 12.9. The van der Waals surface area contributed by atoms with Crippen molar-refractivity contribution in [1.82, 2.24) is 19.8 Å². The number of imidazole rings is 1. The van der Waals surface area contributed by atoms with Crippen LogP contribution in [0.3, 0.4) is 0 Å². The topological polar surface area (TPSA) is 59.4 Å². The van der Waals surface area contributed by atoms with Gasteiger partial charge in [0.25, 0.3) is 0 Å². The van der Waals surface area contributed by atoms with Gasteiger partial charge in [-0.25, -0.2) is 4.98 Å². The van der Waals surface area contributed by atoms with Crippen molar-refractivity contribution in [1.29, 1.82) is 0 Å². The summed E-state index contributed by atoms with van der Waals surface area (Å²) in [7, 11) is 0. The van der Waals surface area contributed by atoms with E-state index >= 15 is 0 Å². The van der Waals surface area contributed by atoms with E-state index in [0.717, 1.165) is 41.9 Å². The molecule has 6 nitrogen and oxygen atoms in total. The van der Waals surface area contributed by atoms with E-state index in [4.69, 9.17) is 16.3 Å². The molecule has 2 aromatic carbocycles. The molecule has 0 saturated carbocycles. The first-order valence-electron chi connectivity index (χ1n) is 10.4. The lowest BCUT2D eigenvalue weighted by Gasteiger charge is -2.35. The van der Waals surface area contributed by atoms with Gasteiger partial charge in [-0.05, 0) is 29.8 Å². The fourth-order valence-corrected chi connectivity index (χ4v) is 4.14. The van der Waals surface area contributed by atoms with Gasteiger partial charge in [0, 0.05) is 31.1 Å². The van der Waals surface area contributed by atoms with Gasteiger partial charge < -0.3 is 14.6 Å². The highest BCUT2D eigenvalue weighted by Gasteiger charge is 2.23. The molecule has 1 atom stereocenters. The number of rotatable bonds is 7. The molecule has 1 fully saturated rings. The van der Waals surface area contributed by atoms with E-state index in [0.29, 0.717) is 24.8 Å². The zero-order chi connectivity index (χ0) is 20.9. The van der Waals surface area contributed by atoms with E-state index in [9.17, 15) is 4.79 Å². The zero-order valence-electron chi connectivity index (χ0n) is 17.2. The van der Waals surface area contributed by atoms with E-state index in [2.05, 4.69) is 22.1 Å². The molecule has 1 N–H and O–H groups in total. The third-order valence-electron chi connectivity index (χ3n) is 5.59. The summed E-state index contributed by atoms with van der Waals surface area (Å²) in [5.74, 6) is 0.911. The summed E-state index contributed by atoms with van der Waals surface area (Å²) in [6.07, 6.45) is 0.781. The van der Waals surface area contributed by atoms with Crippen molar-refractivity contribution in [2.24, 2.45) is 0 Å². The summed E-state index contributed by atoms with van der Waals surface area (Å²) in [4.78, 5) is 19.9. The van der Waals surface area contributed by atoms with Crippen LogP contribution in [0, 0.1) is 0 Å². The van der Waals surface area contributed by atoms with Gasteiger partial charge in [-0.3, -0.25) is 9.69 Å². The number of hydrogen-bond acceptors (Lipinski definition) is 4. The highest BCUT2D eigenvalue weighted by Crippen LogP contribution is 2.23. The van der Waals surface area contributed by atoms with Crippen LogP contribution in [-0.4, -0.2) is 53.2 Å². The standard InChI is InChI=1S/C23H27ClN4O2/c1-2-22-26-19-5-3-4-6-20(19)28(22)16-23(29)25-15-21(27-11-13-30-14-12-27)17-7-9-18(24)10-8-17/h3-10,21H,2,11-16H2,1H3,(H,25,29). The van der Waals surface area contributed by atoms with Crippen LogP contribution in [0.15, 0.2) is 48.5 Å². The van der Waals surface area contributed by atoms with Crippen molar-refractivity contribution >= 4 is 28.5 Å². The van der Waals surface area contributed by atoms with Crippen LogP contribution in [-0.2, 0) is 22.5 Å². The van der Waals surface area contributed by atoms with Crippen LogP contribution in [0.4, 0.5) is 0 Å². The number of nitrogens with zero attached hydrogens (tertiary/aromatic N) is 3. The summed E-state index contributed by atoms with van der Waals surface area (Å²) in [5, 5.41) is 3.86. The molecule has 1 aromatic heterocycles. The quantitative estimate of drug-likeness (QED) is 0.628. The van der Waals surface area contributed by atoms with Gasteiger partial charge in [0.1, 0.15) is 12.4 Å². The smallest absolute Gasteiger partial charge is 0.240 e. The molecule has 30 heavy (non-hydrogen) atoms. The van der Waals surface area contributed by atoms with E-state index < -0.39 is 0 Å². The number of morpholine rings is 1. The van der Waals surface area contributed by atoms with Crippen molar-refractivity contribution < 1.29 is 9.53 Å². The highest BCUT2D eigenvalue weighted by molar-refractivity contribution is 6.30. The number of fused-ring (bicyclic) bond motifs is 1. The molecule has 1 saturated heterocycles. The molecule has 0 aliphatic carbocycles. The molecule has 1 aliphatic heterocycles. The largest absolute Gasteiger partial charge is 0.379 e. The normalized spacial score (nSPS) is 15.9. The molecule has 0 spiro atoms. The molecule has 4 rings (SSSR count). The molecule has 1 amide bonds. The summed E-state index contributed by atoms with van der Waals surface area (Å²) in [6, 6.07) is 15.9. The van der Waals surface area contributed by atoms with E-state index in [-0.39, 0.29) is 18.5 Å². The van der Waals surface area contributed by atoms with Gasteiger partial charge in [-0.2, -0.15) is 0 Å². The molecule has 0 bridgehead atoms. The number of aryl methyl sites for hydroxylation is 1. The average molecular weight is 427 g/mol. The van der Waals surface area contributed by atoms with Crippen LogP contribution >= 0.6 is 11.6 Å². The van der Waals surface area contributed by atoms with Gasteiger partial charge in [0.15, 0.2) is 0 Å². The summed E-state index contributed by atoms with van der Waals surface area (Å²) in [5.41, 5.74) is 3.06. The van der Waals surface area contributed by atoms with Gasteiger partial charge in [-0.15, -0.1) is 0 Å². The second-order valence-electron chi connectivity index (χ2n) is 7.48. The van der Waals surface area contributed by atoms with Crippen LogP contribution in [0.1, 0.15) is 24.4 Å². The summed E-state index contributed by atoms with van der Waals surface area (Å²) >= 11 is 6.07. The fraction of sp³-hybridized carbons (Fsp3) is 0.391. The summed E-state index contributed by atoms with van der Waals surface area (Å²) < 4.78 is 7.52. The number of amides is 1. The Balaban J connectivity index is 1.48. The van der Waals surface area contributed by atoms with Crippen molar-refractivity contribution in [3.63, 3.8) is 0 Å². The first kappa shape index (κ1) is 20.8. The van der Waals surface area contributed by atoms with E-state index in [1.807, 2.05) is 53.1 Å². The lowest BCUT2D eigenvalue weighted by atomic mass is 10.0. The Morgan fingerprint density at radius 3 is 2.63 bits per heavy atom. The predicted octanol–water partition coefficient (Wildman–Crippen LogP) is 3.44. The molecular formula is C23H27ClN4O2. The van der Waals surface area contributed by atoms with Gasteiger partial charge in [0.2, 0.25) is 5.91 Å². The number of nitrogens with one attached hydrogen (secondary N) is 1. The van der Waals surface area contributed by atoms with Gasteiger partial charge in [-0.1, -0.05) is 42.8 Å². The Labute approximate surface area is 181 Å². The van der Waals surface area contributed by atoms with Crippen molar-refractivity contribution in [2.45, 2.75) is 25.9 Å². The first-order chi connectivity index (χ1) is 14.7. The number of ether oxygens (including phenoxy) is 1. The van der Waals surface area contributed by atoms with Crippen LogP contribution in [0.5, 0.6) is 0 Å². The van der Waals surface area contributed by atoms with Crippen LogP contribution in [0.25, 0.3) is 11.0 Å². The zero-order valence-corrected chi connectivity index (χ0v) is 17.9. The molecule has 158 valence electrons. The average Bonchev–Trinajstić information content (AvgIpc) is 3.13. The maximum atomic E-state index is 12.9. The van der Waals surface area contributed by atoms with Crippen molar-refractivity contribution in [3.05, 3.63) is 64.9 Å². The summed E-state index contributed by atoms with van der Waals surface area (Å²) in [6.45, 7) is 5.96. The molecule has 2 heterocycles. The van der Waals surface area contributed by atoms with Crippen molar-refractivity contribution in [2.75, 3.05) is 32.8 Å². The van der Waals surface area contributed by atoms with Gasteiger partial charge in [0.05, 0.1) is 30.3 Å². The van der Waals surface area contributed by atoms with Crippen molar-refractivity contribution in [3.8, 4) is 0 Å². The van der Waals surface area contributed by atoms with Gasteiger partial charge >= 0.3 is 0 Å². The lowest BCUT2D eigenvalue weighted by Crippen LogP contribution is -2.44. The SMILES string of the molecule is CCc1nc2ccccc2n1CC(=O)NCC(c1ccc(Cl)cc1)N1CCOCC1. The maximum Gasteiger partial charge on any atom is 0.240 e. The third-order valence-corrected chi connectivity index (χ3v) is 5.84.